The van der Waals surface area contributed by atoms with E-state index in [2.05, 4.69) is 45.0 Å². The van der Waals surface area contributed by atoms with Crippen molar-refractivity contribution >= 4 is 16.9 Å². The number of aryl methyl sites for hydroxylation is 1. The van der Waals surface area contributed by atoms with Crippen molar-refractivity contribution in [3.63, 3.8) is 0 Å². The van der Waals surface area contributed by atoms with Gasteiger partial charge in [-0.1, -0.05) is 23.8 Å². The average Bonchev–Trinajstić information content (AvgIpc) is 3.03. The predicted molar refractivity (Wildman–Crippen MR) is 75.0 cm³/mol. The van der Waals surface area contributed by atoms with Crippen LogP contribution in [0, 0.1) is 6.92 Å². The van der Waals surface area contributed by atoms with Crippen molar-refractivity contribution < 1.29 is 0 Å². The van der Waals surface area contributed by atoms with Crippen LogP contribution in [0.3, 0.4) is 0 Å². The summed E-state index contributed by atoms with van der Waals surface area (Å²) in [5.41, 5.74) is 5.02. The summed E-state index contributed by atoms with van der Waals surface area (Å²) in [6.45, 7) is 3.99. The van der Waals surface area contributed by atoms with E-state index in [1.807, 2.05) is 12.3 Å². The molecule has 2 aromatic heterocycles. The predicted octanol–water partition coefficient (Wildman–Crippen LogP) is 2.79. The van der Waals surface area contributed by atoms with Crippen LogP contribution in [0.4, 0.5) is 5.82 Å². The van der Waals surface area contributed by atoms with Gasteiger partial charge in [0.2, 0.25) is 0 Å². The molecule has 0 saturated heterocycles. The van der Waals surface area contributed by atoms with E-state index in [-0.39, 0.29) is 0 Å². The third-order valence-electron chi connectivity index (χ3n) is 3.72. The summed E-state index contributed by atoms with van der Waals surface area (Å²) < 4.78 is 0. The maximum Gasteiger partial charge on any atom is 0.142 e. The molecule has 0 bridgehead atoms. The molecule has 3 heterocycles. The van der Waals surface area contributed by atoms with Crippen molar-refractivity contribution in [3.05, 3.63) is 53.5 Å². The second-order valence-corrected chi connectivity index (χ2v) is 5.07. The van der Waals surface area contributed by atoms with E-state index in [1.165, 1.54) is 16.7 Å². The van der Waals surface area contributed by atoms with Gasteiger partial charge in [0.15, 0.2) is 0 Å². The number of H-pyrrole nitrogens is 1. The minimum Gasteiger partial charge on any atom is -0.347 e. The lowest BCUT2D eigenvalue weighted by Crippen LogP contribution is -2.16. The molecule has 1 aromatic carbocycles. The number of hydrogen-bond donors (Lipinski definition) is 1. The molecule has 94 valence electrons. The van der Waals surface area contributed by atoms with E-state index in [4.69, 9.17) is 0 Å². The first-order valence-corrected chi connectivity index (χ1v) is 6.43. The number of fused-ring (bicyclic) bond motifs is 2. The van der Waals surface area contributed by atoms with E-state index in [1.54, 1.807) is 6.33 Å². The van der Waals surface area contributed by atoms with Crippen molar-refractivity contribution in [2.75, 3.05) is 4.90 Å². The van der Waals surface area contributed by atoms with Crippen molar-refractivity contribution in [1.82, 2.24) is 15.0 Å². The molecule has 0 saturated carbocycles. The molecule has 4 rings (SSSR count). The molecule has 0 unspecified atom stereocenters. The van der Waals surface area contributed by atoms with Gasteiger partial charge in [-0.2, -0.15) is 0 Å². The number of aromatic nitrogens is 3. The van der Waals surface area contributed by atoms with Gasteiger partial charge in [0.05, 0.1) is 5.39 Å². The van der Waals surface area contributed by atoms with Gasteiger partial charge in [-0.15, -0.1) is 0 Å². The zero-order valence-electron chi connectivity index (χ0n) is 10.7. The minimum atomic E-state index is 0.900. The molecule has 0 radical (unpaired) electrons. The highest BCUT2D eigenvalue weighted by Crippen LogP contribution is 2.31. The van der Waals surface area contributed by atoms with Gasteiger partial charge < -0.3 is 9.88 Å². The van der Waals surface area contributed by atoms with Crippen molar-refractivity contribution in [2.45, 2.75) is 20.0 Å². The second kappa shape index (κ2) is 3.82. The van der Waals surface area contributed by atoms with Crippen LogP contribution >= 0.6 is 0 Å². The molecular weight excluding hydrogens is 236 g/mol. The maximum atomic E-state index is 4.46. The van der Waals surface area contributed by atoms with Crippen LogP contribution in [0.5, 0.6) is 0 Å². The first-order valence-electron chi connectivity index (χ1n) is 6.43. The molecule has 1 aliphatic rings. The third kappa shape index (κ3) is 1.60. The first-order chi connectivity index (χ1) is 9.31. The van der Waals surface area contributed by atoms with Crippen molar-refractivity contribution in [3.8, 4) is 0 Å². The van der Waals surface area contributed by atoms with Crippen LogP contribution in [-0.2, 0) is 13.1 Å². The lowest BCUT2D eigenvalue weighted by atomic mass is 10.1. The molecule has 0 amide bonds. The van der Waals surface area contributed by atoms with Gasteiger partial charge in [0.25, 0.3) is 0 Å². The van der Waals surface area contributed by atoms with Crippen LogP contribution < -0.4 is 4.90 Å². The summed E-state index contributed by atoms with van der Waals surface area (Å²) in [6, 6.07) is 8.71. The van der Waals surface area contributed by atoms with E-state index in [0.29, 0.717) is 0 Å². The lowest BCUT2D eigenvalue weighted by Gasteiger charge is -2.16. The Kier molecular flexibility index (Phi) is 2.12. The number of rotatable bonds is 1. The molecule has 1 aliphatic heterocycles. The number of nitrogens with zero attached hydrogens (tertiary/aromatic N) is 3. The Morgan fingerprint density at radius 1 is 1.11 bits per heavy atom. The largest absolute Gasteiger partial charge is 0.347 e. The molecular formula is C15H14N4. The van der Waals surface area contributed by atoms with Crippen molar-refractivity contribution in [2.24, 2.45) is 0 Å². The van der Waals surface area contributed by atoms with Gasteiger partial charge >= 0.3 is 0 Å². The van der Waals surface area contributed by atoms with Gasteiger partial charge in [-0.05, 0) is 24.1 Å². The van der Waals surface area contributed by atoms with E-state index < -0.39 is 0 Å². The van der Waals surface area contributed by atoms with Gasteiger partial charge in [-0.3, -0.25) is 0 Å². The Balaban J connectivity index is 1.78. The average molecular weight is 250 g/mol. The van der Waals surface area contributed by atoms with Crippen LogP contribution in [0.2, 0.25) is 0 Å². The monoisotopic (exact) mass is 250 g/mol. The zero-order valence-corrected chi connectivity index (χ0v) is 10.7. The highest BCUT2D eigenvalue weighted by atomic mass is 15.2. The number of anilines is 1. The quantitative estimate of drug-likeness (QED) is 0.722. The molecule has 4 nitrogen and oxygen atoms in total. The molecule has 4 heteroatoms. The second-order valence-electron chi connectivity index (χ2n) is 5.07. The van der Waals surface area contributed by atoms with Gasteiger partial charge in [0.1, 0.15) is 17.8 Å². The summed E-state index contributed by atoms with van der Waals surface area (Å²) in [5.74, 6) is 1.01. The number of nitrogens with one attached hydrogen (secondary N) is 1. The normalized spacial score (nSPS) is 14.1. The number of aromatic amines is 1. The van der Waals surface area contributed by atoms with Gasteiger partial charge in [0, 0.05) is 19.3 Å². The summed E-state index contributed by atoms with van der Waals surface area (Å²) >= 11 is 0. The molecule has 0 aliphatic carbocycles. The highest BCUT2D eigenvalue weighted by Gasteiger charge is 2.21. The van der Waals surface area contributed by atoms with E-state index in [9.17, 15) is 0 Å². The SMILES string of the molecule is Cc1ccc2c(c1)CN(c1ncnc3[nH]ccc13)C2. The van der Waals surface area contributed by atoms with Gasteiger partial charge in [-0.25, -0.2) is 9.97 Å². The highest BCUT2D eigenvalue weighted by molar-refractivity contribution is 5.87. The maximum absolute atomic E-state index is 4.46. The smallest absolute Gasteiger partial charge is 0.142 e. The van der Waals surface area contributed by atoms with Crippen LogP contribution in [0.1, 0.15) is 16.7 Å². The van der Waals surface area contributed by atoms with Crippen LogP contribution in [-0.4, -0.2) is 15.0 Å². The topological polar surface area (TPSA) is 44.8 Å². The minimum absolute atomic E-state index is 0.900. The fraction of sp³-hybridized carbons (Fsp3) is 0.200. The Morgan fingerprint density at radius 2 is 2.00 bits per heavy atom. The zero-order chi connectivity index (χ0) is 12.8. The summed E-state index contributed by atoms with van der Waals surface area (Å²) in [5, 5.41) is 1.09. The van der Waals surface area contributed by atoms with Crippen LogP contribution in [0.15, 0.2) is 36.8 Å². The number of benzene rings is 1. The Morgan fingerprint density at radius 3 is 2.95 bits per heavy atom. The lowest BCUT2D eigenvalue weighted by molar-refractivity contribution is 0.859. The number of hydrogen-bond acceptors (Lipinski definition) is 3. The molecule has 1 N–H and O–H groups in total. The molecule has 0 fully saturated rings. The van der Waals surface area contributed by atoms with Crippen molar-refractivity contribution in [1.29, 1.82) is 0 Å². The summed E-state index contributed by atoms with van der Waals surface area (Å²) in [4.78, 5) is 14.1. The summed E-state index contributed by atoms with van der Waals surface area (Å²) in [7, 11) is 0. The summed E-state index contributed by atoms with van der Waals surface area (Å²) in [6.07, 6.45) is 3.54. The van der Waals surface area contributed by atoms with E-state index in [0.717, 1.165) is 29.9 Å². The Hall–Kier alpha value is -2.36. The fourth-order valence-electron chi connectivity index (χ4n) is 2.78. The molecule has 0 spiro atoms. The van der Waals surface area contributed by atoms with Crippen LogP contribution in [0.25, 0.3) is 11.0 Å². The molecule has 19 heavy (non-hydrogen) atoms. The molecule has 3 aromatic rings. The van der Waals surface area contributed by atoms with E-state index >= 15 is 0 Å². The standard InChI is InChI=1S/C15H14N4/c1-10-2-3-11-7-19(8-12(11)6-10)15-13-4-5-16-14(13)17-9-18-15/h2-6,9H,7-8H2,1H3,(H,16,17,18). The Bertz CT molecular complexity index is 760. The molecule has 0 atom stereocenters. The third-order valence-corrected chi connectivity index (χ3v) is 3.72. The fourth-order valence-corrected chi connectivity index (χ4v) is 2.78. The first kappa shape index (κ1) is 10.6. The Labute approximate surface area is 111 Å².